The molecule has 0 heterocycles. The summed E-state index contributed by atoms with van der Waals surface area (Å²) in [5, 5.41) is 6.30. The van der Waals surface area contributed by atoms with Crippen LogP contribution in [0.25, 0.3) is 10.8 Å². The minimum absolute atomic E-state index is 0.169. The number of fused-ring (bicyclic) bond motifs is 1. The summed E-state index contributed by atoms with van der Waals surface area (Å²) in [5.74, 6) is 0.905. The molecule has 0 saturated carbocycles. The van der Waals surface area contributed by atoms with E-state index >= 15 is 0 Å². The molecule has 0 bridgehead atoms. The lowest BCUT2D eigenvalue weighted by Crippen LogP contribution is -2.34. The van der Waals surface area contributed by atoms with Gasteiger partial charge in [-0.1, -0.05) is 56.6 Å². The Morgan fingerprint density at radius 3 is 2.45 bits per heavy atom. The Kier molecular flexibility index (Phi) is 5.27. The van der Waals surface area contributed by atoms with Crippen LogP contribution < -0.4 is 10.1 Å². The van der Waals surface area contributed by atoms with Crippen LogP contribution in [0.2, 0.25) is 5.02 Å². The molecule has 0 amide bonds. The van der Waals surface area contributed by atoms with Gasteiger partial charge in [0.1, 0.15) is 11.9 Å². The number of benzene rings is 2. The van der Waals surface area contributed by atoms with Crippen molar-refractivity contribution in [3.05, 3.63) is 41.4 Å². The molecule has 1 unspecified atom stereocenters. The van der Waals surface area contributed by atoms with Crippen molar-refractivity contribution in [2.75, 3.05) is 6.54 Å². The predicted molar refractivity (Wildman–Crippen MR) is 86.8 cm³/mol. The average Bonchev–Trinajstić information content (AvgIpc) is 2.46. The maximum absolute atomic E-state index is 6.23. The highest BCUT2D eigenvalue weighted by Crippen LogP contribution is 2.31. The second kappa shape index (κ2) is 6.96. The maximum atomic E-state index is 6.23. The van der Waals surface area contributed by atoms with Gasteiger partial charge in [0.2, 0.25) is 0 Å². The molecule has 1 atom stereocenters. The molecule has 2 nitrogen and oxygen atoms in total. The van der Waals surface area contributed by atoms with Gasteiger partial charge in [-0.25, -0.2) is 0 Å². The standard InChI is InChI=1S/C17H22ClNO/c1-4-13(11-19-12(2)3)20-17-10-9-16(18)14-7-5-6-8-15(14)17/h5-10,12-13,19H,4,11H2,1-3H3. The van der Waals surface area contributed by atoms with Crippen molar-refractivity contribution < 1.29 is 4.74 Å². The van der Waals surface area contributed by atoms with Crippen molar-refractivity contribution in [2.45, 2.75) is 39.3 Å². The lowest BCUT2D eigenvalue weighted by Gasteiger charge is -2.21. The smallest absolute Gasteiger partial charge is 0.127 e. The summed E-state index contributed by atoms with van der Waals surface area (Å²) in [6, 6.07) is 12.4. The fraction of sp³-hybridized carbons (Fsp3) is 0.412. The van der Waals surface area contributed by atoms with Crippen molar-refractivity contribution in [3.8, 4) is 5.75 Å². The van der Waals surface area contributed by atoms with E-state index in [4.69, 9.17) is 16.3 Å². The third kappa shape index (κ3) is 3.65. The molecule has 1 N–H and O–H groups in total. The van der Waals surface area contributed by atoms with Gasteiger partial charge in [-0.2, -0.15) is 0 Å². The highest BCUT2D eigenvalue weighted by Gasteiger charge is 2.12. The Bertz CT molecular complexity index is 568. The Hall–Kier alpha value is -1.25. The molecule has 0 aliphatic carbocycles. The molecule has 2 aromatic carbocycles. The number of nitrogens with one attached hydrogen (secondary N) is 1. The highest BCUT2D eigenvalue weighted by atomic mass is 35.5. The van der Waals surface area contributed by atoms with E-state index < -0.39 is 0 Å². The fourth-order valence-electron chi connectivity index (χ4n) is 2.15. The normalized spacial score (nSPS) is 12.8. The first-order chi connectivity index (χ1) is 9.61. The highest BCUT2D eigenvalue weighted by molar-refractivity contribution is 6.35. The Labute approximate surface area is 126 Å². The molecule has 2 aromatic rings. The van der Waals surface area contributed by atoms with Crippen LogP contribution in [-0.2, 0) is 0 Å². The second-order valence-electron chi connectivity index (χ2n) is 5.30. The van der Waals surface area contributed by atoms with Crippen LogP contribution in [0.3, 0.4) is 0 Å². The van der Waals surface area contributed by atoms with Crippen molar-refractivity contribution in [1.82, 2.24) is 5.32 Å². The summed E-state index contributed by atoms with van der Waals surface area (Å²) in [6.07, 6.45) is 1.14. The van der Waals surface area contributed by atoms with Crippen LogP contribution in [0.4, 0.5) is 0 Å². The van der Waals surface area contributed by atoms with Crippen LogP contribution in [0.15, 0.2) is 36.4 Å². The number of hydrogen-bond donors (Lipinski definition) is 1. The van der Waals surface area contributed by atoms with Gasteiger partial charge in [-0.05, 0) is 18.6 Å². The van der Waals surface area contributed by atoms with Gasteiger partial charge in [0.15, 0.2) is 0 Å². The van der Waals surface area contributed by atoms with Gasteiger partial charge in [0.25, 0.3) is 0 Å². The van der Waals surface area contributed by atoms with Crippen LogP contribution >= 0.6 is 11.6 Å². The average molecular weight is 292 g/mol. The molecule has 0 fully saturated rings. The molecule has 0 aliphatic rings. The Morgan fingerprint density at radius 1 is 1.10 bits per heavy atom. The van der Waals surface area contributed by atoms with Crippen LogP contribution in [0, 0.1) is 0 Å². The van der Waals surface area contributed by atoms with Crippen LogP contribution in [0.1, 0.15) is 27.2 Å². The molecule has 2 rings (SSSR count). The first-order valence-corrected chi connectivity index (χ1v) is 7.57. The minimum atomic E-state index is 0.169. The van der Waals surface area contributed by atoms with Crippen LogP contribution in [0.5, 0.6) is 5.75 Å². The van der Waals surface area contributed by atoms with Crippen molar-refractivity contribution in [3.63, 3.8) is 0 Å². The van der Waals surface area contributed by atoms with Gasteiger partial charge in [-0.15, -0.1) is 0 Å². The molecule has 0 aliphatic heterocycles. The van der Waals surface area contributed by atoms with Gasteiger partial charge in [-0.3, -0.25) is 0 Å². The molecule has 0 aromatic heterocycles. The third-order valence-corrected chi connectivity index (χ3v) is 3.66. The van der Waals surface area contributed by atoms with E-state index in [1.807, 2.05) is 30.3 Å². The first-order valence-electron chi connectivity index (χ1n) is 7.19. The molecular weight excluding hydrogens is 270 g/mol. The summed E-state index contributed by atoms with van der Waals surface area (Å²) < 4.78 is 6.16. The van der Waals surface area contributed by atoms with E-state index in [1.165, 1.54) is 0 Å². The number of hydrogen-bond acceptors (Lipinski definition) is 2. The monoisotopic (exact) mass is 291 g/mol. The topological polar surface area (TPSA) is 21.3 Å². The van der Waals surface area contributed by atoms with Crippen molar-refractivity contribution in [1.29, 1.82) is 0 Å². The Balaban J connectivity index is 2.22. The summed E-state index contributed by atoms with van der Waals surface area (Å²) >= 11 is 6.23. The zero-order chi connectivity index (χ0) is 14.5. The minimum Gasteiger partial charge on any atom is -0.488 e. The van der Waals surface area contributed by atoms with E-state index in [1.54, 1.807) is 0 Å². The molecule has 0 spiro atoms. The van der Waals surface area contributed by atoms with Crippen molar-refractivity contribution >= 4 is 22.4 Å². The van der Waals surface area contributed by atoms with E-state index in [-0.39, 0.29) is 6.10 Å². The van der Waals surface area contributed by atoms with Crippen molar-refractivity contribution in [2.24, 2.45) is 0 Å². The van der Waals surface area contributed by atoms with E-state index in [0.29, 0.717) is 6.04 Å². The number of rotatable bonds is 6. The van der Waals surface area contributed by atoms with Gasteiger partial charge >= 0.3 is 0 Å². The third-order valence-electron chi connectivity index (χ3n) is 3.33. The molecule has 0 radical (unpaired) electrons. The fourth-order valence-corrected chi connectivity index (χ4v) is 2.38. The van der Waals surface area contributed by atoms with Gasteiger partial charge < -0.3 is 10.1 Å². The zero-order valence-corrected chi connectivity index (χ0v) is 13.1. The SMILES string of the molecule is CCC(CNC(C)C)Oc1ccc(Cl)c2ccccc12. The summed E-state index contributed by atoms with van der Waals surface area (Å²) in [7, 11) is 0. The van der Waals surface area contributed by atoms with E-state index in [0.717, 1.165) is 34.5 Å². The first kappa shape index (κ1) is 15.1. The molecule has 3 heteroatoms. The summed E-state index contributed by atoms with van der Waals surface area (Å²) in [4.78, 5) is 0. The molecular formula is C17H22ClNO. The van der Waals surface area contributed by atoms with Crippen LogP contribution in [-0.4, -0.2) is 18.7 Å². The lowest BCUT2D eigenvalue weighted by molar-refractivity contribution is 0.192. The van der Waals surface area contributed by atoms with Gasteiger partial charge in [0, 0.05) is 28.4 Å². The quantitative estimate of drug-likeness (QED) is 0.836. The lowest BCUT2D eigenvalue weighted by atomic mass is 10.1. The predicted octanol–water partition coefficient (Wildman–Crippen LogP) is 4.65. The maximum Gasteiger partial charge on any atom is 0.127 e. The molecule has 108 valence electrons. The number of ether oxygens (including phenoxy) is 1. The van der Waals surface area contributed by atoms with E-state index in [2.05, 4.69) is 32.2 Å². The molecule has 0 saturated heterocycles. The molecule has 20 heavy (non-hydrogen) atoms. The number of halogens is 1. The Morgan fingerprint density at radius 2 is 1.80 bits per heavy atom. The summed E-state index contributed by atoms with van der Waals surface area (Å²) in [6.45, 7) is 7.28. The summed E-state index contributed by atoms with van der Waals surface area (Å²) in [5.41, 5.74) is 0. The zero-order valence-electron chi connectivity index (χ0n) is 12.3. The largest absolute Gasteiger partial charge is 0.488 e. The second-order valence-corrected chi connectivity index (χ2v) is 5.71. The van der Waals surface area contributed by atoms with E-state index in [9.17, 15) is 0 Å². The van der Waals surface area contributed by atoms with Gasteiger partial charge in [0.05, 0.1) is 0 Å².